The molecule has 0 unspecified atom stereocenters. The van der Waals surface area contributed by atoms with Gasteiger partial charge in [-0.3, -0.25) is 4.31 Å². The maximum Gasteiger partial charge on any atom is 0.337 e. The minimum absolute atomic E-state index is 0.0806. The molecule has 7 nitrogen and oxygen atoms in total. The summed E-state index contributed by atoms with van der Waals surface area (Å²) in [5, 5.41) is 0. The monoisotopic (exact) mass is 489 g/mol. The normalized spacial score (nSPS) is 13.9. The molecule has 0 saturated heterocycles. The number of halogens is 1. The smallest absolute Gasteiger partial charge is 0.337 e. The van der Waals surface area contributed by atoms with Crippen molar-refractivity contribution in [2.75, 3.05) is 18.0 Å². The number of esters is 1. The molecule has 172 valence electrons. The number of nitrogens with zero attached hydrogens (tertiary/aromatic N) is 1. The Morgan fingerprint density at radius 3 is 2.27 bits per heavy atom. The molecule has 1 heterocycles. The first kappa shape index (κ1) is 22.9. The quantitative estimate of drug-likeness (QED) is 0.508. The fourth-order valence-corrected chi connectivity index (χ4v) is 6.57. The van der Waals surface area contributed by atoms with Gasteiger partial charge in [0.05, 0.1) is 33.0 Å². The number of aryl methyl sites for hydroxylation is 1. The van der Waals surface area contributed by atoms with Gasteiger partial charge in [0.1, 0.15) is 5.82 Å². The van der Waals surface area contributed by atoms with E-state index in [1.54, 1.807) is 6.07 Å². The van der Waals surface area contributed by atoms with Crippen LogP contribution in [-0.4, -0.2) is 36.5 Å². The molecule has 33 heavy (non-hydrogen) atoms. The zero-order chi connectivity index (χ0) is 23.8. The molecule has 0 atom stereocenters. The van der Waals surface area contributed by atoms with Crippen molar-refractivity contribution in [1.29, 1.82) is 0 Å². The molecule has 1 aliphatic heterocycles. The van der Waals surface area contributed by atoms with E-state index in [2.05, 4.69) is 4.74 Å². The first-order valence-corrected chi connectivity index (χ1v) is 12.9. The maximum atomic E-state index is 13.3. The second-order valence-corrected chi connectivity index (χ2v) is 11.3. The Labute approximate surface area is 191 Å². The lowest BCUT2D eigenvalue weighted by molar-refractivity contribution is 0.0600. The van der Waals surface area contributed by atoms with Gasteiger partial charge in [0, 0.05) is 6.54 Å². The van der Waals surface area contributed by atoms with Crippen LogP contribution in [0.2, 0.25) is 0 Å². The molecule has 0 aromatic heterocycles. The molecule has 0 amide bonds. The molecule has 4 rings (SSSR count). The van der Waals surface area contributed by atoms with Gasteiger partial charge in [-0.2, -0.15) is 0 Å². The summed E-state index contributed by atoms with van der Waals surface area (Å²) in [5.41, 5.74) is 1.03. The van der Waals surface area contributed by atoms with Gasteiger partial charge in [-0.1, -0.05) is 12.1 Å². The van der Waals surface area contributed by atoms with Crippen LogP contribution in [0.15, 0.2) is 81.4 Å². The number of carbonyl (C=O) groups is 1. The number of anilines is 1. The lowest BCUT2D eigenvalue weighted by Crippen LogP contribution is -2.35. The van der Waals surface area contributed by atoms with E-state index >= 15 is 0 Å². The van der Waals surface area contributed by atoms with Crippen LogP contribution in [0.3, 0.4) is 0 Å². The Kier molecular flexibility index (Phi) is 5.98. The van der Waals surface area contributed by atoms with Crippen molar-refractivity contribution in [1.82, 2.24) is 0 Å². The first-order valence-electron chi connectivity index (χ1n) is 9.99. The van der Waals surface area contributed by atoms with E-state index in [1.807, 2.05) is 0 Å². The molecule has 3 aromatic rings. The van der Waals surface area contributed by atoms with Gasteiger partial charge in [0.2, 0.25) is 9.84 Å². The molecular formula is C23H20FNO6S2. The Morgan fingerprint density at radius 1 is 0.909 bits per heavy atom. The molecular weight excluding hydrogens is 469 g/mol. The number of sulfone groups is 1. The largest absolute Gasteiger partial charge is 0.465 e. The molecule has 0 aliphatic carbocycles. The highest BCUT2D eigenvalue weighted by Gasteiger charge is 2.31. The summed E-state index contributed by atoms with van der Waals surface area (Å²) in [5.74, 6) is -1.23. The number of carbonyl (C=O) groups excluding carboxylic acids is 1. The van der Waals surface area contributed by atoms with Crippen LogP contribution in [-0.2, 0) is 31.0 Å². The third-order valence-electron chi connectivity index (χ3n) is 5.41. The molecule has 0 saturated carbocycles. The summed E-state index contributed by atoms with van der Waals surface area (Å²) in [6.45, 7) is 0.161. The SMILES string of the molecule is COC(=O)c1cccc(S(=O)(=O)c2ccc3c(c2)N(S(=O)(=O)c2ccc(F)cc2)CCC3)c1. The molecule has 0 N–H and O–H groups in total. The van der Waals surface area contributed by atoms with Crippen LogP contribution < -0.4 is 4.31 Å². The van der Waals surface area contributed by atoms with Crippen molar-refractivity contribution in [2.24, 2.45) is 0 Å². The fraction of sp³-hybridized carbons (Fsp3) is 0.174. The van der Waals surface area contributed by atoms with Gasteiger partial charge in [0.15, 0.2) is 0 Å². The van der Waals surface area contributed by atoms with Crippen molar-refractivity contribution < 1.29 is 30.8 Å². The van der Waals surface area contributed by atoms with Crippen molar-refractivity contribution in [3.8, 4) is 0 Å². The Balaban J connectivity index is 1.79. The summed E-state index contributed by atoms with van der Waals surface area (Å²) in [6.07, 6.45) is 1.14. The zero-order valence-corrected chi connectivity index (χ0v) is 19.2. The fourth-order valence-electron chi connectivity index (χ4n) is 3.72. The second-order valence-electron chi connectivity index (χ2n) is 7.45. The van der Waals surface area contributed by atoms with Gasteiger partial charge in [-0.05, 0) is 73.0 Å². The highest BCUT2D eigenvalue weighted by atomic mass is 32.2. The molecule has 3 aromatic carbocycles. The first-order chi connectivity index (χ1) is 15.6. The number of hydrogen-bond acceptors (Lipinski definition) is 6. The zero-order valence-electron chi connectivity index (χ0n) is 17.6. The van der Waals surface area contributed by atoms with Gasteiger partial charge in [-0.25, -0.2) is 26.0 Å². The van der Waals surface area contributed by atoms with Crippen LogP contribution in [0.5, 0.6) is 0 Å². The summed E-state index contributed by atoms with van der Waals surface area (Å²) in [7, 11) is -6.89. The van der Waals surface area contributed by atoms with Crippen LogP contribution >= 0.6 is 0 Å². The molecule has 10 heteroatoms. The highest BCUT2D eigenvalue weighted by Crippen LogP contribution is 2.35. The number of methoxy groups -OCH3 is 1. The topological polar surface area (TPSA) is 97.8 Å². The van der Waals surface area contributed by atoms with E-state index in [0.717, 1.165) is 16.4 Å². The molecule has 0 radical (unpaired) electrons. The number of rotatable bonds is 5. The maximum absolute atomic E-state index is 13.3. The molecule has 0 fully saturated rings. The van der Waals surface area contributed by atoms with Crippen molar-refractivity contribution in [2.45, 2.75) is 27.5 Å². The predicted molar refractivity (Wildman–Crippen MR) is 119 cm³/mol. The van der Waals surface area contributed by atoms with Gasteiger partial charge >= 0.3 is 5.97 Å². The minimum Gasteiger partial charge on any atom is -0.465 e. The lowest BCUT2D eigenvalue weighted by atomic mass is 10.0. The second kappa shape index (κ2) is 8.60. The van der Waals surface area contributed by atoms with E-state index in [4.69, 9.17) is 0 Å². The average molecular weight is 490 g/mol. The van der Waals surface area contributed by atoms with Crippen molar-refractivity contribution >= 4 is 31.5 Å². The summed E-state index contributed by atoms with van der Waals surface area (Å²) < 4.78 is 72.2. The third kappa shape index (κ3) is 4.23. The number of hydrogen-bond donors (Lipinski definition) is 0. The number of ether oxygens (including phenoxy) is 1. The van der Waals surface area contributed by atoms with Crippen molar-refractivity contribution in [3.05, 3.63) is 83.7 Å². The van der Waals surface area contributed by atoms with E-state index in [1.165, 1.54) is 55.6 Å². The lowest BCUT2D eigenvalue weighted by Gasteiger charge is -2.31. The van der Waals surface area contributed by atoms with Crippen LogP contribution in [0.4, 0.5) is 10.1 Å². The van der Waals surface area contributed by atoms with Crippen LogP contribution in [0.25, 0.3) is 0 Å². The van der Waals surface area contributed by atoms with Gasteiger partial charge in [0.25, 0.3) is 10.0 Å². The Morgan fingerprint density at radius 2 is 1.58 bits per heavy atom. The predicted octanol–water partition coefficient (Wildman–Crippen LogP) is 3.59. The number of benzene rings is 3. The van der Waals surface area contributed by atoms with Crippen LogP contribution in [0, 0.1) is 5.82 Å². The molecule has 0 spiro atoms. The van der Waals surface area contributed by atoms with E-state index in [0.29, 0.717) is 18.4 Å². The standard InChI is InChI=1S/C23H20FNO6S2/c1-31-23(26)17-4-2-6-20(14-17)32(27,28)21-10-7-16-5-3-13-25(22(16)15-21)33(29,30)19-11-8-18(24)9-12-19/h2,4,6-12,14-15H,3,5,13H2,1H3. The third-order valence-corrected chi connectivity index (χ3v) is 8.99. The average Bonchev–Trinajstić information content (AvgIpc) is 2.83. The summed E-state index contributed by atoms with van der Waals surface area (Å²) in [6, 6.07) is 14.3. The van der Waals surface area contributed by atoms with Crippen molar-refractivity contribution in [3.63, 3.8) is 0 Å². The summed E-state index contributed by atoms with van der Waals surface area (Å²) in [4.78, 5) is 11.5. The minimum atomic E-state index is -4.05. The van der Waals surface area contributed by atoms with E-state index in [9.17, 15) is 26.0 Å². The van der Waals surface area contributed by atoms with Gasteiger partial charge in [-0.15, -0.1) is 0 Å². The summed E-state index contributed by atoms with van der Waals surface area (Å²) >= 11 is 0. The van der Waals surface area contributed by atoms with Crippen LogP contribution in [0.1, 0.15) is 22.3 Å². The molecule has 1 aliphatic rings. The van der Waals surface area contributed by atoms with Gasteiger partial charge < -0.3 is 4.74 Å². The Hall–Kier alpha value is -3.24. The Bertz CT molecular complexity index is 1430. The number of fused-ring (bicyclic) bond motifs is 1. The van der Waals surface area contributed by atoms with E-state index < -0.39 is 31.6 Å². The van der Waals surface area contributed by atoms with E-state index in [-0.39, 0.29) is 32.5 Å². The highest BCUT2D eigenvalue weighted by molar-refractivity contribution is 7.93. The number of sulfonamides is 1. The molecule has 0 bridgehead atoms.